The lowest BCUT2D eigenvalue weighted by molar-refractivity contribution is 0.394. The second kappa shape index (κ2) is 3.95. The molecule has 0 aliphatic carbocycles. The largest absolute Gasteiger partial charge is 0.339 e. The Morgan fingerprint density at radius 1 is 1.24 bits per heavy atom. The summed E-state index contributed by atoms with van der Waals surface area (Å²) in [6.45, 7) is 7.63. The molecule has 0 atom stereocenters. The maximum Gasteiger partial charge on any atom is 0.223 e. The van der Waals surface area contributed by atoms with Gasteiger partial charge in [0, 0.05) is 12.5 Å². The summed E-state index contributed by atoms with van der Waals surface area (Å²) in [6, 6.07) is 4.89. The van der Waals surface area contributed by atoms with Crippen molar-refractivity contribution in [2.45, 2.75) is 33.1 Å². The van der Waals surface area contributed by atoms with E-state index in [0.717, 1.165) is 5.56 Å². The van der Waals surface area contributed by atoms with Gasteiger partial charge in [0.05, 0.1) is 0 Å². The zero-order valence-electron chi connectivity index (χ0n) is 10.4. The van der Waals surface area contributed by atoms with E-state index in [1.807, 2.05) is 20.8 Å². The summed E-state index contributed by atoms with van der Waals surface area (Å²) in [5.74, 6) is 0.788. The maximum absolute atomic E-state index is 13.7. The number of benzene rings is 1. The lowest BCUT2D eigenvalue weighted by Crippen LogP contribution is -2.13. The molecule has 0 bridgehead atoms. The topological polar surface area (TPSA) is 38.9 Å². The van der Waals surface area contributed by atoms with Crippen molar-refractivity contribution in [2.24, 2.45) is 0 Å². The highest BCUT2D eigenvalue weighted by Crippen LogP contribution is 2.28. The first-order valence-electron chi connectivity index (χ1n) is 5.48. The van der Waals surface area contributed by atoms with Crippen molar-refractivity contribution in [3.63, 3.8) is 0 Å². The van der Waals surface area contributed by atoms with Crippen LogP contribution in [0.15, 0.2) is 22.7 Å². The third kappa shape index (κ3) is 2.35. The predicted molar refractivity (Wildman–Crippen MR) is 63.1 cm³/mol. The molecule has 0 saturated carbocycles. The van der Waals surface area contributed by atoms with E-state index in [0.29, 0.717) is 17.3 Å². The van der Waals surface area contributed by atoms with Crippen LogP contribution in [0.4, 0.5) is 4.39 Å². The van der Waals surface area contributed by atoms with Crippen molar-refractivity contribution in [1.29, 1.82) is 0 Å². The molecular formula is C13H15FN2O. The zero-order valence-corrected chi connectivity index (χ0v) is 10.4. The third-order valence-corrected chi connectivity index (χ3v) is 2.56. The molecule has 1 aromatic carbocycles. The minimum Gasteiger partial charge on any atom is -0.339 e. The zero-order chi connectivity index (χ0) is 12.6. The lowest BCUT2D eigenvalue weighted by Gasteiger charge is -2.20. The normalized spacial score (nSPS) is 11.8. The Balaban J connectivity index is 2.51. The fraction of sp³-hybridized carbons (Fsp3) is 0.385. The van der Waals surface area contributed by atoms with Gasteiger partial charge < -0.3 is 4.52 Å². The number of halogens is 1. The van der Waals surface area contributed by atoms with Crippen molar-refractivity contribution in [3.8, 4) is 11.4 Å². The molecule has 3 nitrogen and oxygen atoms in total. The van der Waals surface area contributed by atoms with E-state index in [-0.39, 0.29) is 11.2 Å². The van der Waals surface area contributed by atoms with Crippen LogP contribution in [0.1, 0.15) is 32.2 Å². The summed E-state index contributed by atoms with van der Waals surface area (Å²) < 4.78 is 18.6. The molecule has 0 saturated heterocycles. The van der Waals surface area contributed by atoms with E-state index in [1.54, 1.807) is 19.1 Å². The Hall–Kier alpha value is -1.71. The summed E-state index contributed by atoms with van der Waals surface area (Å²) in [5, 5.41) is 3.83. The summed E-state index contributed by atoms with van der Waals surface area (Å²) in [7, 11) is 0. The molecule has 1 heterocycles. The van der Waals surface area contributed by atoms with Gasteiger partial charge in [-0.15, -0.1) is 0 Å². The first-order valence-corrected chi connectivity index (χ1v) is 5.48. The molecule has 0 fully saturated rings. The van der Waals surface area contributed by atoms with Gasteiger partial charge in [-0.3, -0.25) is 0 Å². The van der Waals surface area contributed by atoms with Crippen LogP contribution in [0, 0.1) is 12.7 Å². The van der Waals surface area contributed by atoms with E-state index in [9.17, 15) is 4.39 Å². The summed E-state index contributed by atoms with van der Waals surface area (Å²) >= 11 is 0. The quantitative estimate of drug-likeness (QED) is 0.758. The number of aryl methyl sites for hydroxylation is 1. The van der Waals surface area contributed by atoms with Crippen LogP contribution in [-0.2, 0) is 5.41 Å². The molecule has 1 aromatic heterocycles. The van der Waals surface area contributed by atoms with Crippen molar-refractivity contribution in [3.05, 3.63) is 35.5 Å². The highest BCUT2D eigenvalue weighted by atomic mass is 19.1. The molecule has 0 N–H and O–H groups in total. The highest BCUT2D eigenvalue weighted by Gasteiger charge is 2.20. The van der Waals surface area contributed by atoms with Crippen molar-refractivity contribution >= 4 is 0 Å². The van der Waals surface area contributed by atoms with Crippen LogP contribution < -0.4 is 0 Å². The van der Waals surface area contributed by atoms with Gasteiger partial charge in [-0.2, -0.15) is 4.98 Å². The molecular weight excluding hydrogens is 219 g/mol. The Morgan fingerprint density at radius 3 is 2.47 bits per heavy atom. The van der Waals surface area contributed by atoms with Crippen molar-refractivity contribution < 1.29 is 8.91 Å². The van der Waals surface area contributed by atoms with Crippen LogP contribution in [0.3, 0.4) is 0 Å². The van der Waals surface area contributed by atoms with Gasteiger partial charge in [-0.05, 0) is 29.2 Å². The molecule has 17 heavy (non-hydrogen) atoms. The first kappa shape index (κ1) is 11.8. The standard InChI is InChI=1S/C13H15FN2O/c1-8-15-12(16-17-8)9-5-6-11(14)10(7-9)13(2,3)4/h5-7H,1-4H3. The molecule has 2 rings (SSSR count). The van der Waals surface area contributed by atoms with E-state index in [2.05, 4.69) is 10.1 Å². The fourth-order valence-electron chi connectivity index (χ4n) is 1.66. The van der Waals surface area contributed by atoms with Gasteiger partial charge in [0.25, 0.3) is 0 Å². The van der Waals surface area contributed by atoms with Crippen LogP contribution >= 0.6 is 0 Å². The Labute approximate surface area is 99.7 Å². The summed E-state index contributed by atoms with van der Waals surface area (Å²) in [4.78, 5) is 4.13. The number of nitrogens with zero attached hydrogens (tertiary/aromatic N) is 2. The van der Waals surface area contributed by atoms with Gasteiger partial charge in [-0.25, -0.2) is 4.39 Å². The average Bonchev–Trinajstić information content (AvgIpc) is 2.64. The van der Waals surface area contributed by atoms with Gasteiger partial charge >= 0.3 is 0 Å². The average molecular weight is 234 g/mol. The van der Waals surface area contributed by atoms with Crippen LogP contribution in [-0.4, -0.2) is 10.1 Å². The Bertz CT molecular complexity index is 541. The van der Waals surface area contributed by atoms with Crippen LogP contribution in [0.2, 0.25) is 0 Å². The van der Waals surface area contributed by atoms with Gasteiger partial charge in [0.15, 0.2) is 0 Å². The van der Waals surface area contributed by atoms with Crippen molar-refractivity contribution in [2.75, 3.05) is 0 Å². The summed E-state index contributed by atoms with van der Waals surface area (Å²) in [6.07, 6.45) is 0. The Kier molecular flexibility index (Phi) is 2.73. The molecule has 90 valence electrons. The molecule has 0 amide bonds. The van der Waals surface area contributed by atoms with Gasteiger partial charge in [0.1, 0.15) is 5.82 Å². The molecule has 0 spiro atoms. The van der Waals surface area contributed by atoms with Crippen LogP contribution in [0.5, 0.6) is 0 Å². The third-order valence-electron chi connectivity index (χ3n) is 2.56. The number of aromatic nitrogens is 2. The lowest BCUT2D eigenvalue weighted by atomic mass is 9.85. The van der Waals surface area contributed by atoms with E-state index < -0.39 is 0 Å². The minimum atomic E-state index is -0.251. The molecule has 0 aliphatic rings. The van der Waals surface area contributed by atoms with Crippen LogP contribution in [0.25, 0.3) is 11.4 Å². The van der Waals surface area contributed by atoms with E-state index in [1.165, 1.54) is 6.07 Å². The monoisotopic (exact) mass is 234 g/mol. The fourth-order valence-corrected chi connectivity index (χ4v) is 1.66. The van der Waals surface area contributed by atoms with Gasteiger partial charge in [-0.1, -0.05) is 25.9 Å². The molecule has 0 unspecified atom stereocenters. The molecule has 2 aromatic rings. The van der Waals surface area contributed by atoms with E-state index >= 15 is 0 Å². The smallest absolute Gasteiger partial charge is 0.223 e. The molecule has 0 aliphatic heterocycles. The minimum absolute atomic E-state index is 0.207. The number of rotatable bonds is 1. The number of hydrogen-bond acceptors (Lipinski definition) is 3. The second-order valence-electron chi connectivity index (χ2n) is 5.08. The predicted octanol–water partition coefficient (Wildman–Crippen LogP) is 3.48. The Morgan fingerprint density at radius 2 is 1.94 bits per heavy atom. The number of hydrogen-bond donors (Lipinski definition) is 0. The maximum atomic E-state index is 13.7. The van der Waals surface area contributed by atoms with Gasteiger partial charge in [0.2, 0.25) is 11.7 Å². The molecule has 0 radical (unpaired) electrons. The second-order valence-corrected chi connectivity index (χ2v) is 5.08. The first-order chi connectivity index (χ1) is 7.88. The van der Waals surface area contributed by atoms with E-state index in [4.69, 9.17) is 4.52 Å². The highest BCUT2D eigenvalue weighted by molar-refractivity contribution is 5.56. The molecule has 4 heteroatoms. The summed E-state index contributed by atoms with van der Waals surface area (Å²) in [5.41, 5.74) is 1.17. The SMILES string of the molecule is Cc1nc(-c2ccc(F)c(C(C)(C)C)c2)no1. The van der Waals surface area contributed by atoms with Crippen molar-refractivity contribution in [1.82, 2.24) is 10.1 Å².